The van der Waals surface area contributed by atoms with E-state index < -0.39 is 0 Å². The topological polar surface area (TPSA) is 76.4 Å². The van der Waals surface area contributed by atoms with E-state index in [2.05, 4.69) is 10.2 Å². The van der Waals surface area contributed by atoms with Gasteiger partial charge in [0.1, 0.15) is 0 Å². The summed E-state index contributed by atoms with van der Waals surface area (Å²) in [7, 11) is 0. The Morgan fingerprint density at radius 3 is 2.76 bits per heavy atom. The third kappa shape index (κ3) is 4.58. The van der Waals surface area contributed by atoms with Gasteiger partial charge in [0, 0.05) is 44.8 Å². The number of carbonyl (C=O) groups excluding carboxylic acids is 2. The number of carbonyl (C=O) groups is 2. The Labute approximate surface area is 123 Å². The number of amides is 2. The minimum absolute atomic E-state index is 0.0668. The summed E-state index contributed by atoms with van der Waals surface area (Å²) >= 11 is 0. The summed E-state index contributed by atoms with van der Waals surface area (Å²) in [6.45, 7) is 3.72. The Bertz CT molecular complexity index is 545. The first-order chi connectivity index (χ1) is 10.2. The number of nitrogens with zero attached hydrogens (tertiary/aromatic N) is 3. The summed E-state index contributed by atoms with van der Waals surface area (Å²) in [5.74, 6) is -0.0668. The SMILES string of the molecule is N#Cc1cccc(NC(=O)CCN2CCN(C=O)CC2)c1. The van der Waals surface area contributed by atoms with Crippen LogP contribution in [0.15, 0.2) is 24.3 Å². The molecule has 1 aromatic rings. The molecule has 2 rings (SSSR count). The van der Waals surface area contributed by atoms with Crippen molar-refractivity contribution in [2.75, 3.05) is 38.0 Å². The zero-order chi connectivity index (χ0) is 15.1. The van der Waals surface area contributed by atoms with E-state index in [-0.39, 0.29) is 5.91 Å². The summed E-state index contributed by atoms with van der Waals surface area (Å²) in [5, 5.41) is 11.6. The van der Waals surface area contributed by atoms with Gasteiger partial charge in [-0.25, -0.2) is 0 Å². The molecule has 0 aromatic heterocycles. The molecule has 1 aliphatic heterocycles. The first-order valence-electron chi connectivity index (χ1n) is 6.93. The monoisotopic (exact) mass is 286 g/mol. The summed E-state index contributed by atoms with van der Waals surface area (Å²) in [5.41, 5.74) is 1.17. The van der Waals surface area contributed by atoms with Crippen molar-refractivity contribution < 1.29 is 9.59 Å². The maximum atomic E-state index is 11.9. The molecule has 1 saturated heterocycles. The molecule has 0 atom stereocenters. The van der Waals surface area contributed by atoms with Gasteiger partial charge in [-0.3, -0.25) is 14.5 Å². The molecule has 0 spiro atoms. The summed E-state index contributed by atoms with van der Waals surface area (Å²) in [4.78, 5) is 26.4. The maximum absolute atomic E-state index is 11.9. The van der Waals surface area contributed by atoms with Crippen molar-refractivity contribution in [2.24, 2.45) is 0 Å². The highest BCUT2D eigenvalue weighted by atomic mass is 16.1. The first-order valence-corrected chi connectivity index (χ1v) is 6.93. The van der Waals surface area contributed by atoms with Crippen LogP contribution in [-0.4, -0.2) is 54.8 Å². The van der Waals surface area contributed by atoms with Gasteiger partial charge in [-0.15, -0.1) is 0 Å². The van der Waals surface area contributed by atoms with Gasteiger partial charge in [0.15, 0.2) is 0 Å². The van der Waals surface area contributed by atoms with Crippen molar-refractivity contribution in [3.63, 3.8) is 0 Å². The molecule has 21 heavy (non-hydrogen) atoms. The molecule has 0 bridgehead atoms. The number of anilines is 1. The second-order valence-corrected chi connectivity index (χ2v) is 4.97. The first kappa shape index (κ1) is 15.0. The van der Waals surface area contributed by atoms with Crippen LogP contribution >= 0.6 is 0 Å². The molecular formula is C15H18N4O2. The molecule has 2 amide bonds. The van der Waals surface area contributed by atoms with Crippen LogP contribution < -0.4 is 5.32 Å². The Morgan fingerprint density at radius 1 is 1.33 bits per heavy atom. The zero-order valence-corrected chi connectivity index (χ0v) is 11.8. The molecule has 0 saturated carbocycles. The van der Waals surface area contributed by atoms with Gasteiger partial charge in [0.2, 0.25) is 12.3 Å². The van der Waals surface area contributed by atoms with Crippen molar-refractivity contribution in [3.8, 4) is 6.07 Å². The molecule has 1 fully saturated rings. The van der Waals surface area contributed by atoms with Crippen molar-refractivity contribution in [3.05, 3.63) is 29.8 Å². The fourth-order valence-electron chi connectivity index (χ4n) is 2.24. The Balaban J connectivity index is 1.75. The summed E-state index contributed by atoms with van der Waals surface area (Å²) in [6.07, 6.45) is 1.27. The van der Waals surface area contributed by atoms with Gasteiger partial charge < -0.3 is 10.2 Å². The fourth-order valence-corrected chi connectivity index (χ4v) is 2.24. The molecule has 0 aliphatic carbocycles. The number of piperazine rings is 1. The van der Waals surface area contributed by atoms with E-state index in [9.17, 15) is 9.59 Å². The summed E-state index contributed by atoms with van der Waals surface area (Å²) < 4.78 is 0. The van der Waals surface area contributed by atoms with E-state index in [0.29, 0.717) is 24.2 Å². The Hall–Kier alpha value is -2.39. The molecule has 110 valence electrons. The maximum Gasteiger partial charge on any atom is 0.225 e. The van der Waals surface area contributed by atoms with Crippen LogP contribution in [-0.2, 0) is 9.59 Å². The normalized spacial score (nSPS) is 15.3. The van der Waals surface area contributed by atoms with Gasteiger partial charge >= 0.3 is 0 Å². The van der Waals surface area contributed by atoms with Gasteiger partial charge in [-0.1, -0.05) is 6.07 Å². The smallest absolute Gasteiger partial charge is 0.225 e. The molecule has 6 nitrogen and oxygen atoms in total. The quantitative estimate of drug-likeness (QED) is 0.807. The molecule has 6 heteroatoms. The number of nitriles is 1. The Morgan fingerprint density at radius 2 is 2.10 bits per heavy atom. The third-order valence-electron chi connectivity index (χ3n) is 3.49. The van der Waals surface area contributed by atoms with E-state index in [1.165, 1.54) is 0 Å². The van der Waals surface area contributed by atoms with Crippen molar-refractivity contribution in [1.82, 2.24) is 9.80 Å². The highest BCUT2D eigenvalue weighted by molar-refractivity contribution is 5.90. The minimum atomic E-state index is -0.0668. The molecule has 1 N–H and O–H groups in total. The van der Waals surface area contributed by atoms with Crippen molar-refractivity contribution in [2.45, 2.75) is 6.42 Å². The van der Waals surface area contributed by atoms with Gasteiger partial charge in [-0.2, -0.15) is 5.26 Å². The average Bonchev–Trinajstić information content (AvgIpc) is 2.53. The standard InChI is InChI=1S/C15H18N4O2/c16-11-13-2-1-3-14(10-13)17-15(21)4-5-18-6-8-19(12-20)9-7-18/h1-3,10,12H,4-9H2,(H,17,21). The predicted octanol–water partition coefficient (Wildman–Crippen LogP) is 0.661. The van der Waals surface area contributed by atoms with Gasteiger partial charge in [0.05, 0.1) is 11.6 Å². The predicted molar refractivity (Wildman–Crippen MR) is 78.5 cm³/mol. The lowest BCUT2D eigenvalue weighted by atomic mass is 10.2. The molecule has 1 aliphatic rings. The molecular weight excluding hydrogens is 268 g/mol. The number of nitrogens with one attached hydrogen (secondary N) is 1. The largest absolute Gasteiger partial charge is 0.343 e. The number of benzene rings is 1. The minimum Gasteiger partial charge on any atom is -0.343 e. The van der Waals surface area contributed by atoms with Crippen LogP contribution in [0.25, 0.3) is 0 Å². The molecule has 1 heterocycles. The number of hydrogen-bond donors (Lipinski definition) is 1. The molecule has 1 aromatic carbocycles. The lowest BCUT2D eigenvalue weighted by Crippen LogP contribution is -2.46. The van der Waals surface area contributed by atoms with Crippen LogP contribution in [0.1, 0.15) is 12.0 Å². The summed E-state index contributed by atoms with van der Waals surface area (Å²) in [6, 6.07) is 8.90. The second-order valence-electron chi connectivity index (χ2n) is 4.97. The van der Waals surface area contributed by atoms with E-state index >= 15 is 0 Å². The van der Waals surface area contributed by atoms with E-state index in [1.54, 1.807) is 29.2 Å². The van der Waals surface area contributed by atoms with E-state index in [0.717, 1.165) is 32.6 Å². The van der Waals surface area contributed by atoms with E-state index in [1.807, 2.05) is 6.07 Å². The Kier molecular flexibility index (Phi) is 5.29. The van der Waals surface area contributed by atoms with Gasteiger partial charge in [0.25, 0.3) is 0 Å². The number of hydrogen-bond acceptors (Lipinski definition) is 4. The fraction of sp³-hybridized carbons (Fsp3) is 0.400. The molecule has 0 radical (unpaired) electrons. The van der Waals surface area contributed by atoms with Gasteiger partial charge in [-0.05, 0) is 18.2 Å². The van der Waals surface area contributed by atoms with Crippen LogP contribution in [0.2, 0.25) is 0 Å². The zero-order valence-electron chi connectivity index (χ0n) is 11.8. The van der Waals surface area contributed by atoms with Crippen LogP contribution in [0.3, 0.4) is 0 Å². The average molecular weight is 286 g/mol. The molecule has 0 unspecified atom stereocenters. The van der Waals surface area contributed by atoms with Crippen LogP contribution in [0.4, 0.5) is 5.69 Å². The highest BCUT2D eigenvalue weighted by Crippen LogP contribution is 2.10. The van der Waals surface area contributed by atoms with Crippen molar-refractivity contribution >= 4 is 18.0 Å². The lowest BCUT2D eigenvalue weighted by molar-refractivity contribution is -0.120. The second kappa shape index (κ2) is 7.41. The van der Waals surface area contributed by atoms with E-state index in [4.69, 9.17) is 5.26 Å². The van der Waals surface area contributed by atoms with Crippen LogP contribution in [0.5, 0.6) is 0 Å². The highest BCUT2D eigenvalue weighted by Gasteiger charge is 2.15. The number of rotatable bonds is 5. The third-order valence-corrected chi connectivity index (χ3v) is 3.49. The van der Waals surface area contributed by atoms with Crippen molar-refractivity contribution in [1.29, 1.82) is 5.26 Å². The van der Waals surface area contributed by atoms with Crippen LogP contribution in [0, 0.1) is 11.3 Å². The lowest BCUT2D eigenvalue weighted by Gasteiger charge is -2.32.